The van der Waals surface area contributed by atoms with Gasteiger partial charge in [0, 0.05) is 23.5 Å². The Morgan fingerprint density at radius 1 is 1.41 bits per heavy atom. The number of halogens is 1. The largest absolute Gasteiger partial charge is 0.503 e. The smallest absolute Gasteiger partial charge is 0.205 e. The van der Waals surface area contributed by atoms with Crippen molar-refractivity contribution in [1.29, 1.82) is 5.26 Å². The van der Waals surface area contributed by atoms with Gasteiger partial charge in [-0.3, -0.25) is 4.79 Å². The molecule has 0 aliphatic carbocycles. The number of hydrogen-bond donors (Lipinski definition) is 1. The summed E-state index contributed by atoms with van der Waals surface area (Å²) in [6.45, 7) is 10.2. The van der Waals surface area contributed by atoms with Crippen LogP contribution >= 0.6 is 11.6 Å². The van der Waals surface area contributed by atoms with Crippen LogP contribution in [0.2, 0.25) is 5.02 Å². The van der Waals surface area contributed by atoms with E-state index in [1.165, 1.54) is 18.2 Å². The molecule has 0 aliphatic rings. The summed E-state index contributed by atoms with van der Waals surface area (Å²) in [5, 5.41) is 19.5. The number of carbonyl (C=O) groups is 1. The van der Waals surface area contributed by atoms with E-state index in [9.17, 15) is 15.2 Å². The molecule has 0 atom stereocenters. The molecule has 27 heavy (non-hydrogen) atoms. The minimum absolute atomic E-state index is 0.0296. The molecule has 0 saturated heterocycles. The molecule has 0 aliphatic heterocycles. The maximum Gasteiger partial charge on any atom is 0.205 e. The molecule has 0 spiro atoms. The second kappa shape index (κ2) is 8.61. The fourth-order valence-electron chi connectivity index (χ4n) is 2.84. The van der Waals surface area contributed by atoms with Crippen LogP contribution in [0, 0.1) is 25.2 Å². The van der Waals surface area contributed by atoms with E-state index < -0.39 is 0 Å². The minimum atomic E-state index is -0.372. The van der Waals surface area contributed by atoms with Gasteiger partial charge >= 0.3 is 0 Å². The number of phenolic OH excluding ortho intramolecular Hbond substituents is 1. The Balaban J connectivity index is 2.48. The molecule has 5 nitrogen and oxygen atoms in total. The van der Waals surface area contributed by atoms with E-state index in [0.29, 0.717) is 24.3 Å². The highest BCUT2D eigenvalue weighted by Gasteiger charge is 2.19. The quantitative estimate of drug-likeness (QED) is 0.321. The topological polar surface area (TPSA) is 75.2 Å². The molecule has 0 unspecified atom stereocenters. The Labute approximate surface area is 163 Å². The second-order valence-electron chi connectivity index (χ2n) is 5.97. The van der Waals surface area contributed by atoms with Crippen LogP contribution in [-0.4, -0.2) is 22.1 Å². The Kier molecular flexibility index (Phi) is 6.49. The summed E-state index contributed by atoms with van der Waals surface area (Å²) in [4.78, 5) is 12.9. The number of phenols is 1. The van der Waals surface area contributed by atoms with E-state index in [1.54, 1.807) is 19.1 Å². The van der Waals surface area contributed by atoms with Crippen molar-refractivity contribution in [2.24, 2.45) is 0 Å². The molecule has 0 bridgehead atoms. The third-order valence-corrected chi connectivity index (χ3v) is 4.44. The van der Waals surface area contributed by atoms with Crippen LogP contribution < -0.4 is 4.74 Å². The third kappa shape index (κ3) is 4.24. The molecule has 1 heterocycles. The van der Waals surface area contributed by atoms with Crippen LogP contribution in [0.5, 0.6) is 11.5 Å². The van der Waals surface area contributed by atoms with E-state index in [4.69, 9.17) is 16.3 Å². The predicted octanol–water partition coefficient (Wildman–Crippen LogP) is 4.84. The van der Waals surface area contributed by atoms with E-state index in [-0.39, 0.29) is 27.9 Å². The lowest BCUT2D eigenvalue weighted by atomic mass is 10.0. The molecule has 1 aromatic carbocycles. The number of allylic oxidation sites excluding steroid dienone is 2. The maximum atomic E-state index is 12.9. The summed E-state index contributed by atoms with van der Waals surface area (Å²) in [5.74, 6) is -0.346. The number of Topliss-reactive ketones (excluding diaryl/α,β-unsaturated/α-hetero) is 1. The molecule has 1 aromatic heterocycles. The first kappa shape index (κ1) is 20.3. The summed E-state index contributed by atoms with van der Waals surface area (Å²) in [6.07, 6.45) is 3.19. The highest BCUT2D eigenvalue weighted by molar-refractivity contribution is 6.32. The number of benzene rings is 1. The predicted molar refractivity (Wildman–Crippen MR) is 106 cm³/mol. The molecule has 140 valence electrons. The first-order valence-corrected chi connectivity index (χ1v) is 8.81. The molecule has 0 amide bonds. The lowest BCUT2D eigenvalue weighted by Gasteiger charge is -2.09. The zero-order chi connectivity index (χ0) is 20.1. The number of aryl methyl sites for hydroxylation is 1. The molecule has 0 saturated carbocycles. The number of aromatic hydroxyl groups is 1. The normalized spacial score (nSPS) is 11.1. The molecular weight excluding hydrogens is 364 g/mol. The lowest BCUT2D eigenvalue weighted by Crippen LogP contribution is -2.06. The summed E-state index contributed by atoms with van der Waals surface area (Å²) in [5.41, 5.74) is 2.62. The second-order valence-corrected chi connectivity index (χ2v) is 6.37. The Bertz CT molecular complexity index is 965. The average molecular weight is 385 g/mol. The van der Waals surface area contributed by atoms with E-state index in [2.05, 4.69) is 6.58 Å². The summed E-state index contributed by atoms with van der Waals surface area (Å²) < 4.78 is 7.30. The van der Waals surface area contributed by atoms with Gasteiger partial charge < -0.3 is 14.4 Å². The van der Waals surface area contributed by atoms with Crippen LogP contribution in [0.15, 0.2) is 36.4 Å². The van der Waals surface area contributed by atoms with E-state index >= 15 is 0 Å². The monoisotopic (exact) mass is 384 g/mol. The van der Waals surface area contributed by atoms with Crippen molar-refractivity contribution in [3.8, 4) is 17.6 Å². The summed E-state index contributed by atoms with van der Waals surface area (Å²) >= 11 is 6.02. The van der Waals surface area contributed by atoms with Crippen molar-refractivity contribution >= 4 is 23.5 Å². The van der Waals surface area contributed by atoms with Crippen molar-refractivity contribution in [1.82, 2.24) is 4.57 Å². The van der Waals surface area contributed by atoms with Crippen LogP contribution in [0.4, 0.5) is 0 Å². The minimum Gasteiger partial charge on any atom is -0.503 e. The maximum absolute atomic E-state index is 12.9. The summed E-state index contributed by atoms with van der Waals surface area (Å²) in [6, 6.07) is 6.74. The summed E-state index contributed by atoms with van der Waals surface area (Å²) in [7, 11) is 0. The first-order chi connectivity index (χ1) is 12.8. The lowest BCUT2D eigenvalue weighted by molar-refractivity contribution is 0.103. The molecular formula is C21H21ClN2O3. The number of ether oxygens (including phenoxy) is 1. The average Bonchev–Trinajstić information content (AvgIpc) is 2.92. The standard InChI is InChI=1S/C21H21ClN2O3/c1-5-7-24-13(3)8-17(14(24)4)20(25)16(12-23)9-15-10-18(22)21(26)19(11-15)27-6-2/h5,8-11,26H,1,6-7H2,2-4H3/b16-9+. The van der Waals surface area contributed by atoms with Crippen molar-refractivity contribution < 1.29 is 14.6 Å². The zero-order valence-corrected chi connectivity index (χ0v) is 16.3. The van der Waals surface area contributed by atoms with Crippen molar-refractivity contribution in [3.05, 3.63) is 64.0 Å². The van der Waals surface area contributed by atoms with Crippen LogP contribution in [0.3, 0.4) is 0 Å². The number of hydrogen-bond acceptors (Lipinski definition) is 4. The van der Waals surface area contributed by atoms with Gasteiger partial charge in [-0.15, -0.1) is 6.58 Å². The number of rotatable bonds is 7. The van der Waals surface area contributed by atoms with Gasteiger partial charge in [0.05, 0.1) is 11.6 Å². The van der Waals surface area contributed by atoms with Gasteiger partial charge in [0.1, 0.15) is 11.6 Å². The number of carbonyl (C=O) groups excluding carboxylic acids is 1. The van der Waals surface area contributed by atoms with E-state index in [1.807, 2.05) is 24.5 Å². The van der Waals surface area contributed by atoms with E-state index in [0.717, 1.165) is 11.4 Å². The fraction of sp³-hybridized carbons (Fsp3) is 0.238. The number of aromatic nitrogens is 1. The Morgan fingerprint density at radius 3 is 2.70 bits per heavy atom. The first-order valence-electron chi connectivity index (χ1n) is 8.43. The van der Waals surface area contributed by atoms with Crippen molar-refractivity contribution in [2.45, 2.75) is 27.3 Å². The Morgan fingerprint density at radius 2 is 2.11 bits per heavy atom. The zero-order valence-electron chi connectivity index (χ0n) is 15.5. The highest BCUT2D eigenvalue weighted by atomic mass is 35.5. The van der Waals surface area contributed by atoms with Gasteiger partial charge in [0.25, 0.3) is 0 Å². The van der Waals surface area contributed by atoms with Gasteiger partial charge in [0.2, 0.25) is 5.78 Å². The van der Waals surface area contributed by atoms with Gasteiger partial charge in [-0.2, -0.15) is 5.26 Å². The number of ketones is 1. The third-order valence-electron chi connectivity index (χ3n) is 4.16. The van der Waals surface area contributed by atoms with Crippen molar-refractivity contribution in [3.63, 3.8) is 0 Å². The van der Waals surface area contributed by atoms with Gasteiger partial charge in [-0.1, -0.05) is 17.7 Å². The molecule has 0 fully saturated rings. The SMILES string of the molecule is C=CCn1c(C)cc(C(=O)/C(C#N)=C/c2cc(Cl)c(O)c(OCC)c2)c1C. The van der Waals surface area contributed by atoms with Crippen molar-refractivity contribution in [2.75, 3.05) is 6.61 Å². The van der Waals surface area contributed by atoms with Gasteiger partial charge in [0.15, 0.2) is 11.5 Å². The fourth-order valence-corrected chi connectivity index (χ4v) is 3.06. The van der Waals surface area contributed by atoms with Crippen LogP contribution in [0.25, 0.3) is 6.08 Å². The van der Waals surface area contributed by atoms with Gasteiger partial charge in [-0.25, -0.2) is 0 Å². The molecule has 2 rings (SSSR count). The molecule has 6 heteroatoms. The number of nitriles is 1. The Hall–Kier alpha value is -2.97. The van der Waals surface area contributed by atoms with Crippen LogP contribution in [0.1, 0.15) is 34.2 Å². The van der Waals surface area contributed by atoms with Crippen LogP contribution in [-0.2, 0) is 6.54 Å². The van der Waals surface area contributed by atoms with Gasteiger partial charge in [-0.05, 0) is 50.6 Å². The molecule has 0 radical (unpaired) electrons. The molecule has 2 aromatic rings. The highest BCUT2D eigenvalue weighted by Crippen LogP contribution is 2.36. The number of nitrogens with zero attached hydrogens (tertiary/aromatic N) is 2. The molecule has 1 N–H and O–H groups in total.